The second-order valence-corrected chi connectivity index (χ2v) is 13.0. The van der Waals surface area contributed by atoms with Crippen LogP contribution in [0.1, 0.15) is 69.2 Å². The number of piperidine rings is 1. The van der Waals surface area contributed by atoms with Gasteiger partial charge in [0.2, 0.25) is 6.41 Å². The zero-order chi connectivity index (χ0) is 31.6. The fourth-order valence-electron chi connectivity index (χ4n) is 6.04. The molecule has 0 radical (unpaired) electrons. The normalized spacial score (nSPS) is 17.3. The minimum absolute atomic E-state index is 0.00183. The standard InChI is InChI=1S/C32H43FN2O4.C2H7N/c1-7-8-14-32(38,22-36)35(23-37)17-27-24(2)10-9-11-29(27)39-18-26-13-12-25(15-28(26)33)16-34-20-30(3,4)19-31(5,6)21-34;1-3-2/h7,9-13,15,22-23,38H,1,8,14,16-21H2,2-6H3;3H,1-2H3. The Morgan fingerprint density at radius 2 is 1.79 bits per heavy atom. The van der Waals surface area contributed by atoms with Crippen LogP contribution in [0.4, 0.5) is 4.39 Å². The van der Waals surface area contributed by atoms with Gasteiger partial charge in [-0.1, -0.05) is 58.0 Å². The summed E-state index contributed by atoms with van der Waals surface area (Å²) in [7, 11) is 3.75. The number of aryl methyl sites for hydroxylation is 1. The van der Waals surface area contributed by atoms with Crippen LogP contribution in [0.25, 0.3) is 0 Å². The van der Waals surface area contributed by atoms with Crippen LogP contribution in [-0.2, 0) is 29.3 Å². The SMILES string of the molecule is C=CCCC(O)(C=O)N(C=O)Cc1c(C)cccc1OCc1ccc(CN2CC(C)(C)CC(C)(C)C2)cc1F.CNC. The second kappa shape index (κ2) is 15.4. The second-order valence-electron chi connectivity index (χ2n) is 13.0. The van der Waals surface area contributed by atoms with E-state index in [1.165, 1.54) is 0 Å². The molecular weight excluding hydrogens is 533 g/mol. The highest BCUT2D eigenvalue weighted by molar-refractivity contribution is 5.67. The third-order valence-corrected chi connectivity index (χ3v) is 7.39. The predicted molar refractivity (Wildman–Crippen MR) is 166 cm³/mol. The lowest BCUT2D eigenvalue weighted by Gasteiger charge is -2.47. The Morgan fingerprint density at radius 3 is 2.33 bits per heavy atom. The Hall–Kier alpha value is -3.07. The number of nitrogens with zero attached hydrogens (tertiary/aromatic N) is 2. The van der Waals surface area contributed by atoms with E-state index in [0.29, 0.717) is 42.5 Å². The molecule has 8 heteroatoms. The van der Waals surface area contributed by atoms with Crippen molar-refractivity contribution in [3.8, 4) is 5.75 Å². The van der Waals surface area contributed by atoms with Crippen LogP contribution in [0.3, 0.4) is 0 Å². The molecule has 1 aliphatic rings. The highest BCUT2D eigenvalue weighted by Crippen LogP contribution is 2.40. The number of rotatable bonds is 13. The number of amides is 1. The third-order valence-electron chi connectivity index (χ3n) is 7.39. The van der Waals surface area contributed by atoms with Crippen LogP contribution < -0.4 is 10.1 Å². The average Bonchev–Trinajstić information content (AvgIpc) is 2.89. The summed E-state index contributed by atoms with van der Waals surface area (Å²) in [6, 6.07) is 10.7. The number of aliphatic hydroxyl groups is 1. The summed E-state index contributed by atoms with van der Waals surface area (Å²) in [6.45, 7) is 17.2. The van der Waals surface area contributed by atoms with Gasteiger partial charge in [-0.3, -0.25) is 14.5 Å². The molecule has 1 saturated heterocycles. The van der Waals surface area contributed by atoms with Crippen molar-refractivity contribution in [2.75, 3.05) is 27.2 Å². The van der Waals surface area contributed by atoms with Crippen LogP contribution in [0.5, 0.6) is 5.75 Å². The lowest BCUT2D eigenvalue weighted by atomic mass is 9.71. The maximum atomic E-state index is 15.1. The van der Waals surface area contributed by atoms with E-state index >= 15 is 4.39 Å². The van der Waals surface area contributed by atoms with Crippen molar-refractivity contribution >= 4 is 12.7 Å². The third kappa shape index (κ3) is 10.0. The number of carbonyl (C=O) groups is 2. The molecule has 1 aliphatic heterocycles. The molecule has 0 saturated carbocycles. The van der Waals surface area contributed by atoms with Gasteiger partial charge in [-0.05, 0) is 68.0 Å². The maximum absolute atomic E-state index is 15.1. The summed E-state index contributed by atoms with van der Waals surface area (Å²) < 4.78 is 21.2. The van der Waals surface area contributed by atoms with Crippen molar-refractivity contribution in [2.45, 2.75) is 79.3 Å². The van der Waals surface area contributed by atoms with Gasteiger partial charge in [-0.25, -0.2) is 4.39 Å². The first kappa shape index (κ1) is 35.1. The maximum Gasteiger partial charge on any atom is 0.212 e. The number of aldehydes is 1. The quantitative estimate of drug-likeness (QED) is 0.181. The van der Waals surface area contributed by atoms with Gasteiger partial charge in [0, 0.05) is 37.2 Å². The van der Waals surface area contributed by atoms with E-state index in [-0.39, 0.29) is 36.2 Å². The molecule has 0 bridgehead atoms. The Kier molecular flexibility index (Phi) is 12.9. The van der Waals surface area contributed by atoms with Crippen molar-refractivity contribution in [1.29, 1.82) is 0 Å². The fraction of sp³-hybridized carbons (Fsp3) is 0.529. The molecule has 1 fully saturated rings. The summed E-state index contributed by atoms with van der Waals surface area (Å²) in [5, 5.41) is 13.5. The molecular formula is C34H50FN3O4. The van der Waals surface area contributed by atoms with Gasteiger partial charge < -0.3 is 20.1 Å². The Balaban J connectivity index is 0.00000197. The largest absolute Gasteiger partial charge is 0.488 e. The molecule has 1 atom stereocenters. The molecule has 232 valence electrons. The number of ether oxygens (including phenoxy) is 1. The monoisotopic (exact) mass is 583 g/mol. The van der Waals surface area contributed by atoms with Crippen LogP contribution >= 0.6 is 0 Å². The summed E-state index contributed by atoms with van der Waals surface area (Å²) in [6.07, 6.45) is 3.96. The van der Waals surface area contributed by atoms with Gasteiger partial charge in [0.1, 0.15) is 18.2 Å². The lowest BCUT2D eigenvalue weighted by Crippen LogP contribution is -2.49. The minimum Gasteiger partial charge on any atom is -0.488 e. The van der Waals surface area contributed by atoms with Crippen molar-refractivity contribution < 1.29 is 23.8 Å². The Morgan fingerprint density at radius 1 is 1.14 bits per heavy atom. The van der Waals surface area contributed by atoms with Crippen molar-refractivity contribution in [3.63, 3.8) is 0 Å². The molecule has 0 aromatic heterocycles. The fourth-order valence-corrected chi connectivity index (χ4v) is 6.04. The first-order valence-corrected chi connectivity index (χ1v) is 14.5. The highest BCUT2D eigenvalue weighted by Gasteiger charge is 2.37. The van der Waals surface area contributed by atoms with E-state index in [9.17, 15) is 14.7 Å². The summed E-state index contributed by atoms with van der Waals surface area (Å²) in [4.78, 5) is 27.0. The number of halogens is 1. The molecule has 2 N–H and O–H groups in total. The lowest BCUT2D eigenvalue weighted by molar-refractivity contribution is -0.159. The number of hydrogen-bond donors (Lipinski definition) is 2. The first-order valence-electron chi connectivity index (χ1n) is 14.5. The van der Waals surface area contributed by atoms with Gasteiger partial charge in [-0.2, -0.15) is 0 Å². The van der Waals surface area contributed by atoms with Gasteiger partial charge >= 0.3 is 0 Å². The number of likely N-dealkylation sites (tertiary alicyclic amines) is 1. The number of nitrogens with one attached hydrogen (secondary N) is 1. The van der Waals surface area contributed by atoms with E-state index in [1.54, 1.807) is 24.3 Å². The molecule has 2 aromatic rings. The van der Waals surface area contributed by atoms with Crippen molar-refractivity contribution in [2.24, 2.45) is 10.8 Å². The van der Waals surface area contributed by atoms with Crippen molar-refractivity contribution in [1.82, 2.24) is 15.1 Å². The number of hydrogen-bond acceptors (Lipinski definition) is 6. The summed E-state index contributed by atoms with van der Waals surface area (Å²) in [5.41, 5.74) is 1.27. The summed E-state index contributed by atoms with van der Waals surface area (Å²) >= 11 is 0. The Bertz CT molecular complexity index is 1180. The van der Waals surface area contributed by atoms with E-state index in [1.807, 2.05) is 39.2 Å². The zero-order valence-electron chi connectivity index (χ0n) is 26.5. The minimum atomic E-state index is -1.96. The molecule has 7 nitrogen and oxygen atoms in total. The van der Waals surface area contributed by atoms with Gasteiger partial charge in [0.25, 0.3) is 0 Å². The Labute approximate surface area is 251 Å². The molecule has 1 heterocycles. The van der Waals surface area contributed by atoms with Crippen molar-refractivity contribution in [3.05, 3.63) is 77.1 Å². The zero-order valence-corrected chi connectivity index (χ0v) is 26.5. The van der Waals surface area contributed by atoms with E-state index in [4.69, 9.17) is 4.74 Å². The van der Waals surface area contributed by atoms with Gasteiger partial charge in [0.15, 0.2) is 12.0 Å². The molecule has 1 amide bonds. The molecule has 3 rings (SSSR count). The smallest absolute Gasteiger partial charge is 0.212 e. The predicted octanol–water partition coefficient (Wildman–Crippen LogP) is 5.62. The number of carbonyl (C=O) groups excluding carboxylic acids is 2. The van der Waals surface area contributed by atoms with Gasteiger partial charge in [-0.15, -0.1) is 6.58 Å². The van der Waals surface area contributed by atoms with Crippen LogP contribution in [-0.4, -0.2) is 60.5 Å². The molecule has 0 spiro atoms. The molecule has 42 heavy (non-hydrogen) atoms. The number of allylic oxidation sites excluding steroid dienone is 1. The molecule has 1 unspecified atom stereocenters. The molecule has 0 aliphatic carbocycles. The summed E-state index contributed by atoms with van der Waals surface area (Å²) in [5.74, 6) is 0.131. The van der Waals surface area contributed by atoms with E-state index in [2.05, 4.69) is 44.5 Å². The van der Waals surface area contributed by atoms with Gasteiger partial charge in [0.05, 0.1) is 6.54 Å². The topological polar surface area (TPSA) is 82.1 Å². The average molecular weight is 584 g/mol. The number of benzene rings is 2. The van der Waals surface area contributed by atoms with Crippen LogP contribution in [0, 0.1) is 23.6 Å². The van der Waals surface area contributed by atoms with Crippen LogP contribution in [0.2, 0.25) is 0 Å². The van der Waals surface area contributed by atoms with Crippen LogP contribution in [0.15, 0.2) is 49.1 Å². The van der Waals surface area contributed by atoms with E-state index in [0.717, 1.165) is 35.5 Å². The molecule has 2 aromatic carbocycles. The first-order chi connectivity index (χ1) is 19.7. The van der Waals surface area contributed by atoms with E-state index < -0.39 is 5.72 Å². The highest BCUT2D eigenvalue weighted by atomic mass is 19.1.